The first kappa shape index (κ1) is 19.5. The molecule has 0 bridgehead atoms. The van der Waals surface area contributed by atoms with Crippen LogP contribution in [0.25, 0.3) is 11.5 Å². The van der Waals surface area contributed by atoms with Crippen molar-refractivity contribution in [1.82, 2.24) is 15.6 Å². The van der Waals surface area contributed by atoms with E-state index in [2.05, 4.69) is 20.6 Å². The molecule has 0 unspecified atom stereocenters. The number of hydrogen-bond donors (Lipinski definition) is 2. The summed E-state index contributed by atoms with van der Waals surface area (Å²) < 4.78 is 11.2. The Kier molecular flexibility index (Phi) is 6.68. The summed E-state index contributed by atoms with van der Waals surface area (Å²) in [4.78, 5) is 8.76. The van der Waals surface area contributed by atoms with E-state index in [9.17, 15) is 0 Å². The highest BCUT2D eigenvalue weighted by Crippen LogP contribution is 2.17. The Labute approximate surface area is 165 Å². The number of nitrogens with zero attached hydrogens (tertiary/aromatic N) is 2. The van der Waals surface area contributed by atoms with E-state index in [0.29, 0.717) is 24.9 Å². The number of aliphatic imine (C=N–C) groups is 1. The lowest BCUT2D eigenvalue weighted by Gasteiger charge is -2.12. The van der Waals surface area contributed by atoms with Gasteiger partial charge in [-0.3, -0.25) is 4.99 Å². The van der Waals surface area contributed by atoms with E-state index < -0.39 is 0 Å². The summed E-state index contributed by atoms with van der Waals surface area (Å²) in [5.41, 5.74) is 2.92. The predicted molar refractivity (Wildman–Crippen MR) is 111 cm³/mol. The summed E-state index contributed by atoms with van der Waals surface area (Å²) in [5.74, 6) is 2.19. The van der Waals surface area contributed by atoms with Crippen LogP contribution in [-0.4, -0.2) is 24.1 Å². The first-order valence-electron chi connectivity index (χ1n) is 9.34. The van der Waals surface area contributed by atoms with Crippen molar-refractivity contribution in [2.75, 3.05) is 7.05 Å². The van der Waals surface area contributed by atoms with Gasteiger partial charge in [0.15, 0.2) is 5.96 Å². The monoisotopic (exact) mass is 378 g/mol. The lowest BCUT2D eigenvalue weighted by molar-refractivity contribution is 0.242. The van der Waals surface area contributed by atoms with Gasteiger partial charge in [0, 0.05) is 19.2 Å². The second kappa shape index (κ2) is 9.60. The third-order valence-electron chi connectivity index (χ3n) is 3.99. The van der Waals surface area contributed by atoms with Crippen molar-refractivity contribution in [1.29, 1.82) is 0 Å². The smallest absolute Gasteiger partial charge is 0.226 e. The van der Waals surface area contributed by atoms with Gasteiger partial charge in [0.2, 0.25) is 5.89 Å². The quantitative estimate of drug-likeness (QED) is 0.480. The summed E-state index contributed by atoms with van der Waals surface area (Å²) in [5, 5.41) is 6.54. The Bertz CT molecular complexity index is 886. The molecule has 146 valence electrons. The second-order valence-electron chi connectivity index (χ2n) is 6.60. The molecule has 1 heterocycles. The number of rotatable bonds is 7. The number of oxazole rings is 1. The molecular formula is C22H26N4O2. The Morgan fingerprint density at radius 3 is 2.43 bits per heavy atom. The van der Waals surface area contributed by atoms with E-state index in [-0.39, 0.29) is 6.10 Å². The number of nitrogens with one attached hydrogen (secondary N) is 2. The normalized spacial score (nSPS) is 11.5. The first-order valence-corrected chi connectivity index (χ1v) is 9.34. The molecule has 0 saturated carbocycles. The van der Waals surface area contributed by atoms with Crippen molar-refractivity contribution in [3.05, 3.63) is 72.1 Å². The van der Waals surface area contributed by atoms with E-state index in [1.807, 2.05) is 68.4 Å². The molecule has 6 heteroatoms. The van der Waals surface area contributed by atoms with Crippen LogP contribution in [0.4, 0.5) is 0 Å². The van der Waals surface area contributed by atoms with Crippen molar-refractivity contribution >= 4 is 5.96 Å². The van der Waals surface area contributed by atoms with Gasteiger partial charge in [-0.2, -0.15) is 0 Å². The Balaban J connectivity index is 1.49. The maximum Gasteiger partial charge on any atom is 0.226 e. The standard InChI is InChI=1S/C22H26N4O2/c1-16(2)28-20-11-9-17(10-12-20)13-24-22(23-3)25-14-19-15-27-21(26-19)18-7-5-4-6-8-18/h4-12,15-16H,13-14H2,1-3H3,(H2,23,24,25). The van der Waals surface area contributed by atoms with Gasteiger partial charge in [-0.15, -0.1) is 0 Å². The van der Waals surface area contributed by atoms with Crippen molar-refractivity contribution < 1.29 is 9.15 Å². The topological polar surface area (TPSA) is 71.7 Å². The van der Waals surface area contributed by atoms with E-state index in [1.54, 1.807) is 13.3 Å². The second-order valence-corrected chi connectivity index (χ2v) is 6.60. The molecule has 3 aromatic rings. The zero-order valence-corrected chi connectivity index (χ0v) is 16.5. The van der Waals surface area contributed by atoms with Crippen LogP contribution in [0.2, 0.25) is 0 Å². The largest absolute Gasteiger partial charge is 0.491 e. The van der Waals surface area contributed by atoms with Gasteiger partial charge in [-0.1, -0.05) is 30.3 Å². The van der Waals surface area contributed by atoms with Gasteiger partial charge in [0.1, 0.15) is 12.0 Å². The lowest BCUT2D eigenvalue weighted by atomic mass is 10.2. The minimum absolute atomic E-state index is 0.172. The maximum absolute atomic E-state index is 5.67. The fourth-order valence-electron chi connectivity index (χ4n) is 2.64. The molecule has 0 aliphatic carbocycles. The van der Waals surface area contributed by atoms with Crippen LogP contribution in [0.15, 0.2) is 70.3 Å². The minimum atomic E-state index is 0.172. The SMILES string of the molecule is CN=C(NCc1ccc(OC(C)C)cc1)NCc1coc(-c2ccccc2)n1. The van der Waals surface area contributed by atoms with Crippen LogP contribution >= 0.6 is 0 Å². The highest BCUT2D eigenvalue weighted by molar-refractivity contribution is 5.79. The van der Waals surface area contributed by atoms with Crippen molar-refractivity contribution in [2.24, 2.45) is 4.99 Å². The van der Waals surface area contributed by atoms with E-state index in [4.69, 9.17) is 9.15 Å². The molecule has 0 atom stereocenters. The van der Waals surface area contributed by atoms with Crippen molar-refractivity contribution in [3.63, 3.8) is 0 Å². The molecule has 0 amide bonds. The van der Waals surface area contributed by atoms with Gasteiger partial charge in [-0.25, -0.2) is 4.98 Å². The number of aromatic nitrogens is 1. The summed E-state index contributed by atoms with van der Waals surface area (Å²) in [6, 6.07) is 17.9. The summed E-state index contributed by atoms with van der Waals surface area (Å²) in [6.45, 7) is 5.22. The molecular weight excluding hydrogens is 352 g/mol. The Hall–Kier alpha value is -3.28. The lowest BCUT2D eigenvalue weighted by Crippen LogP contribution is -2.36. The van der Waals surface area contributed by atoms with Gasteiger partial charge in [0.05, 0.1) is 18.3 Å². The van der Waals surface area contributed by atoms with Crippen LogP contribution in [0.3, 0.4) is 0 Å². The molecule has 0 saturated heterocycles. The Morgan fingerprint density at radius 1 is 1.04 bits per heavy atom. The average molecular weight is 378 g/mol. The number of guanidine groups is 1. The minimum Gasteiger partial charge on any atom is -0.491 e. The highest BCUT2D eigenvalue weighted by atomic mass is 16.5. The molecule has 0 aliphatic heterocycles. The molecule has 3 rings (SSSR count). The van der Waals surface area contributed by atoms with Gasteiger partial charge < -0.3 is 19.8 Å². The summed E-state index contributed by atoms with van der Waals surface area (Å²) in [7, 11) is 1.74. The van der Waals surface area contributed by atoms with E-state index in [1.165, 1.54) is 0 Å². The molecule has 0 radical (unpaired) electrons. The zero-order chi connectivity index (χ0) is 19.8. The van der Waals surface area contributed by atoms with Crippen LogP contribution in [0.5, 0.6) is 5.75 Å². The van der Waals surface area contributed by atoms with Crippen molar-refractivity contribution in [2.45, 2.75) is 33.0 Å². The fourth-order valence-corrected chi connectivity index (χ4v) is 2.64. The summed E-state index contributed by atoms with van der Waals surface area (Å²) in [6.07, 6.45) is 1.83. The molecule has 6 nitrogen and oxygen atoms in total. The Morgan fingerprint density at radius 2 is 1.75 bits per heavy atom. The fraction of sp³-hybridized carbons (Fsp3) is 0.273. The molecule has 0 spiro atoms. The first-order chi connectivity index (χ1) is 13.6. The molecule has 0 fully saturated rings. The van der Waals surface area contributed by atoms with Crippen LogP contribution in [0, 0.1) is 0 Å². The number of ether oxygens (including phenoxy) is 1. The predicted octanol–water partition coefficient (Wildman–Crippen LogP) is 3.99. The van der Waals surface area contributed by atoms with Crippen molar-refractivity contribution in [3.8, 4) is 17.2 Å². The third kappa shape index (κ3) is 5.61. The number of hydrogen-bond acceptors (Lipinski definition) is 4. The molecule has 28 heavy (non-hydrogen) atoms. The molecule has 2 aromatic carbocycles. The molecule has 1 aromatic heterocycles. The summed E-state index contributed by atoms with van der Waals surface area (Å²) >= 11 is 0. The van der Waals surface area contributed by atoms with Crippen LogP contribution in [0.1, 0.15) is 25.1 Å². The average Bonchev–Trinajstić information content (AvgIpc) is 3.19. The van der Waals surface area contributed by atoms with Crippen LogP contribution in [-0.2, 0) is 13.1 Å². The van der Waals surface area contributed by atoms with Crippen LogP contribution < -0.4 is 15.4 Å². The molecule has 2 N–H and O–H groups in total. The zero-order valence-electron chi connectivity index (χ0n) is 16.5. The van der Waals surface area contributed by atoms with Gasteiger partial charge in [0.25, 0.3) is 0 Å². The maximum atomic E-state index is 5.67. The van der Waals surface area contributed by atoms with Gasteiger partial charge in [-0.05, 0) is 43.7 Å². The molecule has 0 aliphatic rings. The third-order valence-corrected chi connectivity index (χ3v) is 3.99. The van der Waals surface area contributed by atoms with E-state index >= 15 is 0 Å². The van der Waals surface area contributed by atoms with E-state index in [0.717, 1.165) is 22.6 Å². The highest BCUT2D eigenvalue weighted by Gasteiger charge is 2.07. The number of benzene rings is 2. The van der Waals surface area contributed by atoms with Gasteiger partial charge >= 0.3 is 0 Å².